The highest BCUT2D eigenvalue weighted by Gasteiger charge is 2.35. The molecule has 0 bridgehead atoms. The number of thioether (sulfide) groups is 1. The van der Waals surface area contributed by atoms with E-state index in [0.29, 0.717) is 11.7 Å². The van der Waals surface area contributed by atoms with Crippen LogP contribution >= 0.6 is 11.8 Å². The van der Waals surface area contributed by atoms with E-state index < -0.39 is 0 Å². The summed E-state index contributed by atoms with van der Waals surface area (Å²) in [6, 6.07) is 4.21. The van der Waals surface area contributed by atoms with Gasteiger partial charge in [-0.25, -0.2) is 0 Å². The van der Waals surface area contributed by atoms with Crippen molar-refractivity contribution in [3.63, 3.8) is 0 Å². The summed E-state index contributed by atoms with van der Waals surface area (Å²) in [5, 5.41) is 10.0. The number of rotatable bonds is 1. The summed E-state index contributed by atoms with van der Waals surface area (Å²) in [5.74, 6) is 1.76. The Morgan fingerprint density at radius 3 is 2.50 bits per heavy atom. The van der Waals surface area contributed by atoms with Gasteiger partial charge in [0.15, 0.2) is 0 Å². The van der Waals surface area contributed by atoms with Crippen LogP contribution < -0.4 is 0 Å². The molecule has 0 aromatic heterocycles. The molecule has 0 fully saturated rings. The first-order valence-corrected chi connectivity index (χ1v) is 7.97. The molecule has 1 aromatic rings. The maximum Gasteiger partial charge on any atom is 0.129 e. The number of aromatic hydroxyl groups is 1. The van der Waals surface area contributed by atoms with E-state index in [0.717, 1.165) is 17.2 Å². The fourth-order valence-electron chi connectivity index (χ4n) is 3.47. The van der Waals surface area contributed by atoms with Crippen molar-refractivity contribution in [1.29, 1.82) is 0 Å². The average molecular weight is 264 g/mol. The van der Waals surface area contributed by atoms with Gasteiger partial charge < -0.3 is 5.11 Å². The third-order valence-electron chi connectivity index (χ3n) is 4.15. The number of hydrogen-bond acceptors (Lipinski definition) is 2. The van der Waals surface area contributed by atoms with Crippen LogP contribution in [-0.2, 0) is 6.42 Å². The zero-order valence-corrected chi connectivity index (χ0v) is 12.9. The molecule has 1 N–H and O–H groups in total. The molecule has 1 aromatic carbocycles. The molecule has 2 heteroatoms. The van der Waals surface area contributed by atoms with Crippen molar-refractivity contribution in [3.05, 3.63) is 23.3 Å². The Morgan fingerprint density at radius 1 is 1.28 bits per heavy atom. The van der Waals surface area contributed by atoms with Gasteiger partial charge >= 0.3 is 0 Å². The Hall–Kier alpha value is -0.630. The van der Waals surface area contributed by atoms with Crippen LogP contribution in [-0.4, -0.2) is 11.4 Å². The second-order valence-electron chi connectivity index (χ2n) is 6.58. The summed E-state index contributed by atoms with van der Waals surface area (Å²) in [5.41, 5.74) is 3.09. The number of phenols is 1. The van der Waals surface area contributed by atoms with Crippen molar-refractivity contribution in [2.45, 2.75) is 51.3 Å². The lowest BCUT2D eigenvalue weighted by atomic mass is 9.64. The molecule has 2 atom stereocenters. The molecule has 2 rings (SSSR count). The monoisotopic (exact) mass is 264 g/mol. The first-order valence-electron chi connectivity index (χ1n) is 6.74. The molecule has 1 nitrogen and oxygen atoms in total. The molecule has 0 saturated carbocycles. The van der Waals surface area contributed by atoms with Crippen LogP contribution in [0, 0.1) is 11.3 Å². The molecular weight excluding hydrogens is 240 g/mol. The molecule has 2 unspecified atom stereocenters. The molecule has 0 radical (unpaired) electrons. The molecule has 0 aliphatic heterocycles. The van der Waals surface area contributed by atoms with Gasteiger partial charge in [0.05, 0.1) is 0 Å². The van der Waals surface area contributed by atoms with E-state index in [1.165, 1.54) is 17.5 Å². The third-order valence-corrected chi connectivity index (χ3v) is 4.91. The van der Waals surface area contributed by atoms with Crippen molar-refractivity contribution in [2.24, 2.45) is 11.3 Å². The van der Waals surface area contributed by atoms with Gasteiger partial charge in [0.25, 0.3) is 0 Å². The molecule has 18 heavy (non-hydrogen) atoms. The maximum atomic E-state index is 10.0. The van der Waals surface area contributed by atoms with E-state index in [2.05, 4.69) is 33.8 Å². The Balaban J connectivity index is 2.55. The van der Waals surface area contributed by atoms with Gasteiger partial charge in [-0.15, -0.1) is 11.8 Å². The van der Waals surface area contributed by atoms with E-state index >= 15 is 0 Å². The van der Waals surface area contributed by atoms with E-state index in [1.54, 1.807) is 11.8 Å². The minimum atomic E-state index is 0.279. The molecule has 0 spiro atoms. The van der Waals surface area contributed by atoms with Gasteiger partial charge in [-0.05, 0) is 59.6 Å². The van der Waals surface area contributed by atoms with Crippen molar-refractivity contribution >= 4 is 11.8 Å². The van der Waals surface area contributed by atoms with Crippen molar-refractivity contribution in [1.82, 2.24) is 0 Å². The smallest absolute Gasteiger partial charge is 0.129 e. The summed E-state index contributed by atoms with van der Waals surface area (Å²) in [4.78, 5) is 1.01. The topological polar surface area (TPSA) is 20.2 Å². The van der Waals surface area contributed by atoms with Gasteiger partial charge in [-0.3, -0.25) is 0 Å². The molecule has 0 amide bonds. The number of hydrogen-bond donors (Lipinski definition) is 1. The van der Waals surface area contributed by atoms with Gasteiger partial charge in [0, 0.05) is 4.90 Å². The van der Waals surface area contributed by atoms with E-state index in [-0.39, 0.29) is 5.41 Å². The summed E-state index contributed by atoms with van der Waals surface area (Å²) in [6.45, 7) is 9.35. The molecule has 100 valence electrons. The zero-order valence-electron chi connectivity index (χ0n) is 12.1. The standard InChI is InChI=1S/C16H24OS/c1-10-6-7-11-8-13(17)14(18-5)9-12(11)15(10)16(2,3)4/h8-10,15,17H,6-7H2,1-5H3. The van der Waals surface area contributed by atoms with Crippen LogP contribution in [0.2, 0.25) is 0 Å². The lowest BCUT2D eigenvalue weighted by molar-refractivity contribution is 0.224. The second-order valence-corrected chi connectivity index (χ2v) is 7.43. The van der Waals surface area contributed by atoms with Gasteiger partial charge in [-0.2, -0.15) is 0 Å². The predicted molar refractivity (Wildman–Crippen MR) is 79.6 cm³/mol. The fourth-order valence-corrected chi connectivity index (χ4v) is 3.99. The third kappa shape index (κ3) is 2.40. The maximum absolute atomic E-state index is 10.0. The SMILES string of the molecule is CSc1cc2c(cc1O)CCC(C)C2C(C)(C)C. The highest BCUT2D eigenvalue weighted by Crippen LogP contribution is 2.48. The van der Waals surface area contributed by atoms with Crippen molar-refractivity contribution in [3.8, 4) is 5.75 Å². The fraction of sp³-hybridized carbons (Fsp3) is 0.625. The molecular formula is C16H24OS. The second kappa shape index (κ2) is 4.80. The first-order chi connectivity index (χ1) is 8.34. The van der Waals surface area contributed by atoms with Gasteiger partial charge in [-0.1, -0.05) is 27.7 Å². The van der Waals surface area contributed by atoms with E-state index in [4.69, 9.17) is 0 Å². The van der Waals surface area contributed by atoms with E-state index in [1.807, 2.05) is 12.3 Å². The first kappa shape index (κ1) is 13.8. The lowest BCUT2D eigenvalue weighted by Crippen LogP contribution is -2.29. The summed E-state index contributed by atoms with van der Waals surface area (Å²) in [7, 11) is 0. The zero-order chi connectivity index (χ0) is 13.5. The Bertz CT molecular complexity index is 445. The Labute approximate surface area is 115 Å². The van der Waals surface area contributed by atoms with Gasteiger partial charge in [0.2, 0.25) is 0 Å². The summed E-state index contributed by atoms with van der Waals surface area (Å²) >= 11 is 1.63. The van der Waals surface area contributed by atoms with Crippen LogP contribution in [0.4, 0.5) is 0 Å². The summed E-state index contributed by atoms with van der Waals surface area (Å²) in [6.07, 6.45) is 4.36. The molecule has 0 saturated heterocycles. The predicted octanol–water partition coefficient (Wildman–Crippen LogP) is 4.83. The van der Waals surface area contributed by atoms with Crippen molar-refractivity contribution < 1.29 is 5.11 Å². The van der Waals surface area contributed by atoms with Crippen LogP contribution in [0.1, 0.15) is 51.2 Å². The Morgan fingerprint density at radius 2 is 1.94 bits per heavy atom. The number of aryl methyl sites for hydroxylation is 1. The van der Waals surface area contributed by atoms with Crippen molar-refractivity contribution in [2.75, 3.05) is 6.26 Å². The van der Waals surface area contributed by atoms with Crippen LogP contribution in [0.5, 0.6) is 5.75 Å². The summed E-state index contributed by atoms with van der Waals surface area (Å²) < 4.78 is 0. The van der Waals surface area contributed by atoms with Gasteiger partial charge in [0.1, 0.15) is 5.75 Å². The highest BCUT2D eigenvalue weighted by atomic mass is 32.2. The highest BCUT2D eigenvalue weighted by molar-refractivity contribution is 7.98. The minimum Gasteiger partial charge on any atom is -0.507 e. The minimum absolute atomic E-state index is 0.279. The van der Waals surface area contributed by atoms with Crippen LogP contribution in [0.15, 0.2) is 17.0 Å². The normalized spacial score (nSPS) is 23.8. The number of fused-ring (bicyclic) bond motifs is 1. The quantitative estimate of drug-likeness (QED) is 0.733. The molecule has 1 aliphatic rings. The Kier molecular flexibility index (Phi) is 3.68. The number of benzene rings is 1. The molecule has 1 aliphatic carbocycles. The number of phenolic OH excluding ortho intramolecular Hbond substituents is 1. The largest absolute Gasteiger partial charge is 0.507 e. The van der Waals surface area contributed by atoms with Crippen LogP contribution in [0.25, 0.3) is 0 Å². The van der Waals surface area contributed by atoms with Crippen LogP contribution in [0.3, 0.4) is 0 Å². The van der Waals surface area contributed by atoms with E-state index in [9.17, 15) is 5.11 Å². The average Bonchev–Trinajstić information content (AvgIpc) is 2.26. The molecule has 0 heterocycles. The lowest BCUT2D eigenvalue weighted by Gasteiger charge is -2.40.